The van der Waals surface area contributed by atoms with E-state index in [-0.39, 0.29) is 10.6 Å². The van der Waals surface area contributed by atoms with E-state index in [1.54, 1.807) is 12.1 Å². The standard InChI is InChI=1S/C16H19N3O2/c1-3-11-17-14-9-6-10-15(16(14)19(20)21)18-13-8-5-4-7-12(13)2/h4-10,17-18H,3,11H2,1-2H3. The third kappa shape index (κ3) is 3.51. The molecule has 0 aliphatic rings. The van der Waals surface area contributed by atoms with Gasteiger partial charge in [-0.05, 0) is 37.1 Å². The van der Waals surface area contributed by atoms with Crippen LogP contribution in [-0.2, 0) is 0 Å². The number of para-hydroxylation sites is 2. The van der Waals surface area contributed by atoms with E-state index in [1.807, 2.05) is 44.2 Å². The molecule has 21 heavy (non-hydrogen) atoms. The number of rotatable bonds is 6. The number of nitro groups is 1. The maximum Gasteiger partial charge on any atom is 0.315 e. The molecule has 5 nitrogen and oxygen atoms in total. The molecule has 0 aliphatic heterocycles. The molecule has 0 saturated carbocycles. The summed E-state index contributed by atoms with van der Waals surface area (Å²) in [5.74, 6) is 0. The first kappa shape index (κ1) is 14.8. The second kappa shape index (κ2) is 6.74. The predicted octanol–water partition coefficient (Wildman–Crippen LogP) is 4.47. The van der Waals surface area contributed by atoms with Crippen LogP contribution in [0.2, 0.25) is 0 Å². The molecule has 0 amide bonds. The molecule has 0 radical (unpaired) electrons. The van der Waals surface area contributed by atoms with Crippen LogP contribution in [0.5, 0.6) is 0 Å². The monoisotopic (exact) mass is 285 g/mol. The summed E-state index contributed by atoms with van der Waals surface area (Å²) in [6.07, 6.45) is 0.909. The summed E-state index contributed by atoms with van der Waals surface area (Å²) in [5, 5.41) is 17.7. The Morgan fingerprint density at radius 2 is 1.71 bits per heavy atom. The zero-order valence-corrected chi connectivity index (χ0v) is 12.2. The molecule has 0 atom stereocenters. The Bertz CT molecular complexity index is 641. The van der Waals surface area contributed by atoms with Gasteiger partial charge in [0.25, 0.3) is 0 Å². The Hall–Kier alpha value is -2.56. The average molecular weight is 285 g/mol. The summed E-state index contributed by atoms with van der Waals surface area (Å²) in [5.41, 5.74) is 3.03. The van der Waals surface area contributed by atoms with Crippen LogP contribution in [0.25, 0.3) is 0 Å². The fraction of sp³-hybridized carbons (Fsp3) is 0.250. The van der Waals surface area contributed by atoms with Crippen molar-refractivity contribution in [2.45, 2.75) is 20.3 Å². The molecule has 0 heterocycles. The first-order valence-electron chi connectivity index (χ1n) is 6.97. The fourth-order valence-corrected chi connectivity index (χ4v) is 2.10. The molecule has 0 bridgehead atoms. The van der Waals surface area contributed by atoms with E-state index >= 15 is 0 Å². The van der Waals surface area contributed by atoms with Gasteiger partial charge in [-0.1, -0.05) is 31.2 Å². The molecule has 2 aromatic carbocycles. The van der Waals surface area contributed by atoms with Gasteiger partial charge in [-0.15, -0.1) is 0 Å². The molecule has 110 valence electrons. The first-order valence-corrected chi connectivity index (χ1v) is 6.97. The third-order valence-electron chi connectivity index (χ3n) is 3.20. The summed E-state index contributed by atoms with van der Waals surface area (Å²) in [7, 11) is 0. The van der Waals surface area contributed by atoms with Gasteiger partial charge in [-0.2, -0.15) is 0 Å². The highest BCUT2D eigenvalue weighted by molar-refractivity contribution is 5.80. The van der Waals surface area contributed by atoms with Gasteiger partial charge in [0.2, 0.25) is 0 Å². The summed E-state index contributed by atoms with van der Waals surface area (Å²) in [6.45, 7) is 4.69. The van der Waals surface area contributed by atoms with Crippen molar-refractivity contribution in [1.82, 2.24) is 0 Å². The molecule has 2 aromatic rings. The third-order valence-corrected chi connectivity index (χ3v) is 3.20. The van der Waals surface area contributed by atoms with Crippen LogP contribution in [0.1, 0.15) is 18.9 Å². The predicted molar refractivity (Wildman–Crippen MR) is 86.3 cm³/mol. The highest BCUT2D eigenvalue weighted by Crippen LogP contribution is 2.35. The van der Waals surface area contributed by atoms with Crippen LogP contribution >= 0.6 is 0 Å². The van der Waals surface area contributed by atoms with Gasteiger partial charge in [0.05, 0.1) is 4.92 Å². The van der Waals surface area contributed by atoms with Gasteiger partial charge < -0.3 is 10.6 Å². The lowest BCUT2D eigenvalue weighted by molar-refractivity contribution is -0.383. The van der Waals surface area contributed by atoms with Crippen LogP contribution in [0, 0.1) is 17.0 Å². The van der Waals surface area contributed by atoms with Crippen molar-refractivity contribution in [1.29, 1.82) is 0 Å². The zero-order chi connectivity index (χ0) is 15.2. The van der Waals surface area contributed by atoms with Gasteiger partial charge >= 0.3 is 5.69 Å². The second-order valence-corrected chi connectivity index (χ2v) is 4.83. The number of hydrogen-bond acceptors (Lipinski definition) is 4. The number of nitrogens with one attached hydrogen (secondary N) is 2. The molecule has 0 aromatic heterocycles. The largest absolute Gasteiger partial charge is 0.379 e. The highest BCUT2D eigenvalue weighted by Gasteiger charge is 2.19. The van der Waals surface area contributed by atoms with Crippen molar-refractivity contribution in [3.05, 3.63) is 58.1 Å². The SMILES string of the molecule is CCCNc1cccc(Nc2ccccc2C)c1[N+](=O)[O-]. The van der Waals surface area contributed by atoms with Gasteiger partial charge in [0, 0.05) is 12.2 Å². The lowest BCUT2D eigenvalue weighted by Gasteiger charge is -2.12. The number of aryl methyl sites for hydroxylation is 1. The van der Waals surface area contributed by atoms with Crippen molar-refractivity contribution < 1.29 is 4.92 Å². The smallest absolute Gasteiger partial charge is 0.315 e. The minimum Gasteiger partial charge on any atom is -0.379 e. The minimum atomic E-state index is -0.349. The van der Waals surface area contributed by atoms with Crippen molar-refractivity contribution in [3.8, 4) is 0 Å². The van der Waals surface area contributed by atoms with Gasteiger partial charge in [0.15, 0.2) is 0 Å². The maximum atomic E-state index is 11.4. The van der Waals surface area contributed by atoms with E-state index in [4.69, 9.17) is 0 Å². The maximum absolute atomic E-state index is 11.4. The van der Waals surface area contributed by atoms with E-state index in [0.717, 1.165) is 17.7 Å². The number of nitro benzene ring substituents is 1. The van der Waals surface area contributed by atoms with Crippen LogP contribution in [0.15, 0.2) is 42.5 Å². The van der Waals surface area contributed by atoms with Crippen molar-refractivity contribution in [2.24, 2.45) is 0 Å². The van der Waals surface area contributed by atoms with Crippen LogP contribution in [-0.4, -0.2) is 11.5 Å². The number of hydrogen-bond donors (Lipinski definition) is 2. The Morgan fingerprint density at radius 1 is 1.05 bits per heavy atom. The van der Waals surface area contributed by atoms with E-state index in [2.05, 4.69) is 10.6 Å². The Kier molecular flexibility index (Phi) is 4.77. The quantitative estimate of drug-likeness (QED) is 0.607. The summed E-state index contributed by atoms with van der Waals surface area (Å²) in [4.78, 5) is 11.1. The first-order chi connectivity index (χ1) is 10.1. The minimum absolute atomic E-state index is 0.0780. The summed E-state index contributed by atoms with van der Waals surface area (Å²) in [6, 6.07) is 13.0. The summed E-state index contributed by atoms with van der Waals surface area (Å²) < 4.78 is 0. The lowest BCUT2D eigenvalue weighted by atomic mass is 10.1. The van der Waals surface area contributed by atoms with E-state index in [1.165, 1.54) is 0 Å². The van der Waals surface area contributed by atoms with Crippen molar-refractivity contribution in [3.63, 3.8) is 0 Å². The van der Waals surface area contributed by atoms with Crippen LogP contribution in [0.4, 0.5) is 22.7 Å². The molecule has 0 saturated heterocycles. The number of anilines is 3. The molecular formula is C16H19N3O2. The van der Waals surface area contributed by atoms with E-state index in [0.29, 0.717) is 17.9 Å². The molecule has 2 N–H and O–H groups in total. The van der Waals surface area contributed by atoms with Crippen molar-refractivity contribution >= 4 is 22.7 Å². The van der Waals surface area contributed by atoms with Gasteiger partial charge in [0.1, 0.15) is 11.4 Å². The molecule has 2 rings (SSSR count). The van der Waals surface area contributed by atoms with Crippen LogP contribution < -0.4 is 10.6 Å². The number of benzene rings is 2. The molecule has 0 spiro atoms. The molecule has 0 unspecified atom stereocenters. The Morgan fingerprint density at radius 3 is 2.38 bits per heavy atom. The number of nitrogens with zero attached hydrogens (tertiary/aromatic N) is 1. The Balaban J connectivity index is 2.39. The molecular weight excluding hydrogens is 266 g/mol. The topological polar surface area (TPSA) is 67.2 Å². The highest BCUT2D eigenvalue weighted by atomic mass is 16.6. The molecule has 5 heteroatoms. The molecule has 0 fully saturated rings. The normalized spacial score (nSPS) is 10.2. The second-order valence-electron chi connectivity index (χ2n) is 4.83. The Labute approximate surface area is 124 Å². The van der Waals surface area contributed by atoms with Gasteiger partial charge in [-0.25, -0.2) is 0 Å². The van der Waals surface area contributed by atoms with Crippen molar-refractivity contribution in [2.75, 3.05) is 17.2 Å². The average Bonchev–Trinajstić information content (AvgIpc) is 2.47. The van der Waals surface area contributed by atoms with Gasteiger partial charge in [-0.3, -0.25) is 10.1 Å². The van der Waals surface area contributed by atoms with E-state index in [9.17, 15) is 10.1 Å². The van der Waals surface area contributed by atoms with E-state index < -0.39 is 0 Å². The molecule has 0 aliphatic carbocycles. The fourth-order valence-electron chi connectivity index (χ4n) is 2.10. The summed E-state index contributed by atoms with van der Waals surface area (Å²) >= 11 is 0. The van der Waals surface area contributed by atoms with Crippen LogP contribution in [0.3, 0.4) is 0 Å². The zero-order valence-electron chi connectivity index (χ0n) is 12.2. The lowest BCUT2D eigenvalue weighted by Crippen LogP contribution is -2.05.